The Morgan fingerprint density at radius 1 is 1.32 bits per heavy atom. The van der Waals surface area contributed by atoms with E-state index in [4.69, 9.17) is 0 Å². The fraction of sp³-hybridized carbons (Fsp3) is 0.429. The monoisotopic (exact) mass is 323 g/mol. The van der Waals surface area contributed by atoms with Crippen LogP contribution in [0.25, 0.3) is 0 Å². The largest absolute Gasteiger partial charge is 0.307 e. The molecule has 0 saturated heterocycles. The van der Waals surface area contributed by atoms with Crippen molar-refractivity contribution in [3.63, 3.8) is 0 Å². The second-order valence-electron chi connectivity index (χ2n) is 4.47. The van der Waals surface area contributed by atoms with E-state index in [0.29, 0.717) is 6.54 Å². The molecule has 0 fully saturated rings. The smallest absolute Gasteiger partial charge is 0.251 e. The highest BCUT2D eigenvalue weighted by Crippen LogP contribution is 2.23. The van der Waals surface area contributed by atoms with Crippen LogP contribution in [0.2, 0.25) is 0 Å². The predicted octanol–water partition coefficient (Wildman–Crippen LogP) is 2.75. The molecule has 2 heterocycles. The first-order chi connectivity index (χ1) is 9.08. The van der Waals surface area contributed by atoms with Crippen molar-refractivity contribution in [3.05, 3.63) is 50.1 Å². The Hall–Kier alpha value is -1.36. The maximum atomic E-state index is 11.9. The van der Waals surface area contributed by atoms with Crippen LogP contribution in [0.5, 0.6) is 0 Å². The van der Waals surface area contributed by atoms with E-state index in [1.54, 1.807) is 16.7 Å². The second kappa shape index (κ2) is 5.74. The lowest BCUT2D eigenvalue weighted by Gasteiger charge is -2.11. The number of hydrogen-bond acceptors (Lipinski definition) is 2. The van der Waals surface area contributed by atoms with Gasteiger partial charge in [-0.2, -0.15) is 5.10 Å². The highest BCUT2D eigenvalue weighted by Gasteiger charge is 2.15. The van der Waals surface area contributed by atoms with Crippen molar-refractivity contribution >= 4 is 15.9 Å². The fourth-order valence-electron chi connectivity index (χ4n) is 2.14. The summed E-state index contributed by atoms with van der Waals surface area (Å²) in [5.74, 6) is 0. The molecule has 2 aromatic heterocycles. The van der Waals surface area contributed by atoms with E-state index in [1.165, 1.54) is 0 Å². The summed E-state index contributed by atoms with van der Waals surface area (Å²) in [6, 6.07) is 5.33. The highest BCUT2D eigenvalue weighted by atomic mass is 79.9. The van der Waals surface area contributed by atoms with Crippen molar-refractivity contribution in [1.82, 2.24) is 14.3 Å². The molecule has 4 nitrogen and oxygen atoms in total. The molecule has 0 bridgehead atoms. The average Bonchev–Trinajstić information content (AvgIpc) is 2.70. The van der Waals surface area contributed by atoms with Crippen LogP contribution in [0.15, 0.2) is 27.5 Å². The van der Waals surface area contributed by atoms with E-state index < -0.39 is 0 Å². The summed E-state index contributed by atoms with van der Waals surface area (Å²) < 4.78 is 4.75. The van der Waals surface area contributed by atoms with Crippen LogP contribution >= 0.6 is 15.9 Å². The molecule has 0 aliphatic carbocycles. The van der Waals surface area contributed by atoms with Gasteiger partial charge in [-0.25, -0.2) is 0 Å². The lowest BCUT2D eigenvalue weighted by Crippen LogP contribution is -2.23. The van der Waals surface area contributed by atoms with Gasteiger partial charge in [-0.05, 0) is 42.3 Å². The SMILES string of the molecule is CCc1nn(CC)c(Cn2c(C)cccc2=O)c1Br. The van der Waals surface area contributed by atoms with Crippen molar-refractivity contribution in [1.29, 1.82) is 0 Å². The number of halogens is 1. The van der Waals surface area contributed by atoms with Gasteiger partial charge in [0.15, 0.2) is 0 Å². The summed E-state index contributed by atoms with van der Waals surface area (Å²) >= 11 is 3.61. The molecular weight excluding hydrogens is 306 g/mol. The first-order valence-electron chi connectivity index (χ1n) is 6.49. The maximum Gasteiger partial charge on any atom is 0.251 e. The van der Waals surface area contributed by atoms with Gasteiger partial charge in [-0.3, -0.25) is 9.48 Å². The molecule has 0 spiro atoms. The molecule has 0 aliphatic rings. The van der Waals surface area contributed by atoms with E-state index in [9.17, 15) is 4.79 Å². The minimum atomic E-state index is 0.0220. The Balaban J connectivity index is 2.49. The topological polar surface area (TPSA) is 39.8 Å². The average molecular weight is 324 g/mol. The Morgan fingerprint density at radius 3 is 2.63 bits per heavy atom. The van der Waals surface area contributed by atoms with Crippen molar-refractivity contribution in [3.8, 4) is 0 Å². The molecule has 2 aromatic rings. The van der Waals surface area contributed by atoms with Crippen LogP contribution < -0.4 is 5.56 Å². The van der Waals surface area contributed by atoms with Crippen molar-refractivity contribution < 1.29 is 0 Å². The van der Waals surface area contributed by atoms with E-state index >= 15 is 0 Å². The van der Waals surface area contributed by atoms with Crippen LogP contribution in [0.4, 0.5) is 0 Å². The van der Waals surface area contributed by atoms with Crippen molar-refractivity contribution in [2.24, 2.45) is 0 Å². The Labute approximate surface area is 121 Å². The van der Waals surface area contributed by atoms with Gasteiger partial charge in [0.2, 0.25) is 0 Å². The van der Waals surface area contributed by atoms with Gasteiger partial charge in [-0.15, -0.1) is 0 Å². The highest BCUT2D eigenvalue weighted by molar-refractivity contribution is 9.10. The van der Waals surface area contributed by atoms with Gasteiger partial charge in [0.25, 0.3) is 5.56 Å². The van der Waals surface area contributed by atoms with Gasteiger partial charge < -0.3 is 4.57 Å². The Kier molecular flexibility index (Phi) is 4.24. The summed E-state index contributed by atoms with van der Waals surface area (Å²) in [6.45, 7) is 7.43. The Morgan fingerprint density at radius 2 is 2.05 bits per heavy atom. The van der Waals surface area contributed by atoms with Gasteiger partial charge >= 0.3 is 0 Å². The number of pyridine rings is 1. The molecule has 0 saturated carbocycles. The first kappa shape index (κ1) is 14.1. The zero-order chi connectivity index (χ0) is 14.0. The third-order valence-corrected chi connectivity index (χ3v) is 4.19. The van der Waals surface area contributed by atoms with Crippen LogP contribution in [0.3, 0.4) is 0 Å². The van der Waals surface area contributed by atoms with Gasteiger partial charge in [0, 0.05) is 18.3 Å². The number of aromatic nitrogens is 3. The quantitative estimate of drug-likeness (QED) is 0.868. The first-order valence-corrected chi connectivity index (χ1v) is 7.28. The minimum Gasteiger partial charge on any atom is -0.307 e. The lowest BCUT2D eigenvalue weighted by atomic mass is 10.3. The molecule has 102 valence electrons. The van der Waals surface area contributed by atoms with E-state index in [2.05, 4.69) is 34.9 Å². The van der Waals surface area contributed by atoms with Gasteiger partial charge in [0.05, 0.1) is 22.4 Å². The third-order valence-electron chi connectivity index (χ3n) is 3.27. The molecule has 0 amide bonds. The summed E-state index contributed by atoms with van der Waals surface area (Å²) in [7, 11) is 0. The van der Waals surface area contributed by atoms with E-state index in [0.717, 1.165) is 34.5 Å². The number of rotatable bonds is 4. The van der Waals surface area contributed by atoms with Gasteiger partial charge in [-0.1, -0.05) is 13.0 Å². The van der Waals surface area contributed by atoms with Crippen LogP contribution in [-0.2, 0) is 19.5 Å². The van der Waals surface area contributed by atoms with Crippen LogP contribution in [-0.4, -0.2) is 14.3 Å². The van der Waals surface area contributed by atoms with Crippen LogP contribution in [0, 0.1) is 6.92 Å². The Bertz CT molecular complexity index is 643. The molecular formula is C14H18BrN3O. The second-order valence-corrected chi connectivity index (χ2v) is 5.26. The standard InChI is InChI=1S/C14H18BrN3O/c1-4-11-14(15)12(18(5-2)16-11)9-17-10(3)7-6-8-13(17)19/h6-8H,4-5,9H2,1-3H3. The molecule has 0 aliphatic heterocycles. The summed E-state index contributed by atoms with van der Waals surface area (Å²) in [5, 5.41) is 4.56. The zero-order valence-electron chi connectivity index (χ0n) is 11.5. The van der Waals surface area contributed by atoms with E-state index in [1.807, 2.05) is 17.7 Å². The van der Waals surface area contributed by atoms with Gasteiger partial charge in [0.1, 0.15) is 0 Å². The summed E-state index contributed by atoms with van der Waals surface area (Å²) in [4.78, 5) is 11.9. The predicted molar refractivity (Wildman–Crippen MR) is 79.5 cm³/mol. The van der Waals surface area contributed by atoms with Crippen molar-refractivity contribution in [2.75, 3.05) is 0 Å². The summed E-state index contributed by atoms with van der Waals surface area (Å²) in [6.07, 6.45) is 0.878. The zero-order valence-corrected chi connectivity index (χ0v) is 13.1. The minimum absolute atomic E-state index is 0.0220. The number of nitrogens with zero attached hydrogens (tertiary/aromatic N) is 3. The molecule has 19 heavy (non-hydrogen) atoms. The fourth-order valence-corrected chi connectivity index (χ4v) is 2.83. The molecule has 0 N–H and O–H groups in total. The molecule has 5 heteroatoms. The van der Waals surface area contributed by atoms with E-state index in [-0.39, 0.29) is 5.56 Å². The summed E-state index contributed by atoms with van der Waals surface area (Å²) in [5.41, 5.74) is 3.07. The normalized spacial score (nSPS) is 10.9. The number of aryl methyl sites for hydroxylation is 3. The van der Waals surface area contributed by atoms with Crippen LogP contribution in [0.1, 0.15) is 30.9 Å². The maximum absolute atomic E-state index is 11.9. The third kappa shape index (κ3) is 2.66. The lowest BCUT2D eigenvalue weighted by molar-refractivity contribution is 0.584. The number of hydrogen-bond donors (Lipinski definition) is 0. The molecule has 0 unspecified atom stereocenters. The molecule has 2 rings (SSSR count). The molecule has 0 radical (unpaired) electrons. The molecule has 0 aromatic carbocycles. The molecule has 0 atom stereocenters. The van der Waals surface area contributed by atoms with Crippen molar-refractivity contribution in [2.45, 2.75) is 40.3 Å².